The van der Waals surface area contributed by atoms with Crippen LogP contribution in [0.3, 0.4) is 0 Å². The van der Waals surface area contributed by atoms with E-state index in [-0.39, 0.29) is 12.6 Å². The fourth-order valence-electron chi connectivity index (χ4n) is 2.19. The molecule has 0 spiro atoms. The van der Waals surface area contributed by atoms with E-state index in [0.717, 1.165) is 12.8 Å². The Bertz CT molecular complexity index is 424. The normalized spacial score (nSPS) is 10.4. The number of hydrogen-bond donors (Lipinski definition) is 1. The molecule has 18 heavy (non-hydrogen) atoms. The van der Waals surface area contributed by atoms with Gasteiger partial charge in [0.15, 0.2) is 0 Å². The molecule has 1 N–H and O–H groups in total. The fourth-order valence-corrected chi connectivity index (χ4v) is 2.19. The van der Waals surface area contributed by atoms with Crippen molar-refractivity contribution in [2.75, 3.05) is 18.1 Å². The number of nitrogens with zero attached hydrogens (tertiary/aromatic N) is 2. The molecule has 1 aromatic rings. The second kappa shape index (κ2) is 6.97. The Balaban J connectivity index is 3.16. The molecule has 3 nitrogen and oxygen atoms in total. The van der Waals surface area contributed by atoms with Gasteiger partial charge in [-0.3, -0.25) is 0 Å². The summed E-state index contributed by atoms with van der Waals surface area (Å²) in [6.07, 6.45) is 1.83. The van der Waals surface area contributed by atoms with Crippen LogP contribution in [0.5, 0.6) is 0 Å². The first-order valence-electron chi connectivity index (χ1n) is 6.25. The summed E-state index contributed by atoms with van der Waals surface area (Å²) in [6.45, 7) is 4.59. The summed E-state index contributed by atoms with van der Waals surface area (Å²) in [5, 5.41) is 18.2. The van der Waals surface area contributed by atoms with Gasteiger partial charge in [-0.2, -0.15) is 5.26 Å². The number of benzene rings is 1. The lowest BCUT2D eigenvalue weighted by Gasteiger charge is -2.32. The number of aliphatic hydroxyl groups is 1. The Kier molecular flexibility index (Phi) is 5.60. The van der Waals surface area contributed by atoms with Crippen LogP contribution in [0.4, 0.5) is 10.1 Å². The number of hydrogen-bond acceptors (Lipinski definition) is 3. The summed E-state index contributed by atoms with van der Waals surface area (Å²) >= 11 is 0. The molecule has 0 unspecified atom stereocenters. The van der Waals surface area contributed by atoms with Gasteiger partial charge in [-0.1, -0.05) is 13.8 Å². The van der Waals surface area contributed by atoms with E-state index >= 15 is 0 Å². The van der Waals surface area contributed by atoms with E-state index in [1.54, 1.807) is 6.07 Å². The molecule has 4 heteroatoms. The summed E-state index contributed by atoms with van der Waals surface area (Å²) < 4.78 is 13.1. The van der Waals surface area contributed by atoms with Crippen LogP contribution in [-0.4, -0.2) is 24.3 Å². The number of anilines is 1. The summed E-state index contributed by atoms with van der Waals surface area (Å²) in [6, 6.07) is 6.46. The van der Waals surface area contributed by atoms with Gasteiger partial charge in [0.1, 0.15) is 11.9 Å². The minimum Gasteiger partial charge on any atom is -0.395 e. The number of rotatable bonds is 6. The largest absolute Gasteiger partial charge is 0.395 e. The predicted molar refractivity (Wildman–Crippen MR) is 69.9 cm³/mol. The average Bonchev–Trinajstić information content (AvgIpc) is 2.39. The van der Waals surface area contributed by atoms with Crippen LogP contribution in [0.2, 0.25) is 0 Å². The lowest BCUT2D eigenvalue weighted by Crippen LogP contribution is -2.37. The van der Waals surface area contributed by atoms with Gasteiger partial charge < -0.3 is 10.0 Å². The number of halogens is 1. The van der Waals surface area contributed by atoms with Crippen molar-refractivity contribution in [2.24, 2.45) is 0 Å². The third-order valence-corrected chi connectivity index (χ3v) is 3.11. The van der Waals surface area contributed by atoms with Gasteiger partial charge in [0.25, 0.3) is 0 Å². The van der Waals surface area contributed by atoms with E-state index in [9.17, 15) is 4.39 Å². The average molecular weight is 250 g/mol. The molecule has 0 amide bonds. The van der Waals surface area contributed by atoms with E-state index in [0.29, 0.717) is 17.8 Å². The van der Waals surface area contributed by atoms with E-state index in [2.05, 4.69) is 13.8 Å². The van der Waals surface area contributed by atoms with E-state index in [1.807, 2.05) is 11.0 Å². The van der Waals surface area contributed by atoms with Gasteiger partial charge in [-0.05, 0) is 31.0 Å². The molecule has 0 aliphatic carbocycles. The second-order valence-electron chi connectivity index (χ2n) is 4.16. The smallest absolute Gasteiger partial charge is 0.124 e. The minimum atomic E-state index is -0.413. The monoisotopic (exact) mass is 250 g/mol. The first-order valence-corrected chi connectivity index (χ1v) is 6.25. The molecular weight excluding hydrogens is 231 g/mol. The summed E-state index contributed by atoms with van der Waals surface area (Å²) in [5.74, 6) is -0.413. The number of aliphatic hydroxyl groups excluding tert-OH is 1. The molecule has 0 aliphatic heterocycles. The molecular formula is C14H19FN2O. The van der Waals surface area contributed by atoms with Crippen LogP contribution < -0.4 is 4.90 Å². The quantitative estimate of drug-likeness (QED) is 0.844. The highest BCUT2D eigenvalue weighted by Crippen LogP contribution is 2.25. The van der Waals surface area contributed by atoms with Crippen LogP contribution in [-0.2, 0) is 0 Å². The van der Waals surface area contributed by atoms with E-state index in [4.69, 9.17) is 10.4 Å². The highest BCUT2D eigenvalue weighted by atomic mass is 19.1. The summed E-state index contributed by atoms with van der Waals surface area (Å²) in [5.41, 5.74) is 1.01. The van der Waals surface area contributed by atoms with Crippen molar-refractivity contribution < 1.29 is 9.50 Å². The maximum Gasteiger partial charge on any atom is 0.124 e. The van der Waals surface area contributed by atoms with Gasteiger partial charge in [0, 0.05) is 12.6 Å². The van der Waals surface area contributed by atoms with Gasteiger partial charge in [0.05, 0.1) is 17.9 Å². The van der Waals surface area contributed by atoms with Crippen molar-refractivity contribution in [1.29, 1.82) is 5.26 Å². The van der Waals surface area contributed by atoms with Crippen molar-refractivity contribution in [3.05, 3.63) is 29.6 Å². The zero-order chi connectivity index (χ0) is 13.5. The van der Waals surface area contributed by atoms with E-state index < -0.39 is 5.82 Å². The predicted octanol–water partition coefficient (Wildman–Crippen LogP) is 2.68. The third-order valence-electron chi connectivity index (χ3n) is 3.11. The standard InChI is InChI=1S/C14H19FN2O/c1-3-13(4-2)17(7-8-18)14-6-5-12(15)9-11(14)10-16/h5-6,9,13,18H,3-4,7-8H2,1-2H3. The van der Waals surface area contributed by atoms with Crippen LogP contribution in [0, 0.1) is 17.1 Å². The van der Waals surface area contributed by atoms with Crippen molar-refractivity contribution in [1.82, 2.24) is 0 Å². The van der Waals surface area contributed by atoms with Gasteiger partial charge in [-0.25, -0.2) is 4.39 Å². The SMILES string of the molecule is CCC(CC)N(CCO)c1ccc(F)cc1C#N. The van der Waals surface area contributed by atoms with Crippen molar-refractivity contribution >= 4 is 5.69 Å². The molecule has 0 bridgehead atoms. The molecule has 0 aliphatic rings. The molecule has 0 fully saturated rings. The summed E-state index contributed by atoms with van der Waals surface area (Å²) in [4.78, 5) is 1.98. The molecule has 1 rings (SSSR count). The molecule has 0 saturated carbocycles. The Morgan fingerprint density at radius 2 is 2.06 bits per heavy atom. The van der Waals surface area contributed by atoms with Crippen LogP contribution in [0.15, 0.2) is 18.2 Å². The lowest BCUT2D eigenvalue weighted by atomic mass is 10.1. The molecule has 0 radical (unpaired) electrons. The van der Waals surface area contributed by atoms with Gasteiger partial charge >= 0.3 is 0 Å². The summed E-state index contributed by atoms with van der Waals surface area (Å²) in [7, 11) is 0. The molecule has 0 saturated heterocycles. The lowest BCUT2D eigenvalue weighted by molar-refractivity contribution is 0.296. The fraction of sp³-hybridized carbons (Fsp3) is 0.500. The van der Waals surface area contributed by atoms with Crippen molar-refractivity contribution in [3.8, 4) is 6.07 Å². The highest BCUT2D eigenvalue weighted by Gasteiger charge is 2.18. The Morgan fingerprint density at radius 1 is 1.39 bits per heavy atom. The Morgan fingerprint density at radius 3 is 2.56 bits per heavy atom. The molecule has 0 aromatic heterocycles. The van der Waals surface area contributed by atoms with Crippen molar-refractivity contribution in [2.45, 2.75) is 32.7 Å². The van der Waals surface area contributed by atoms with Crippen LogP contribution in [0.1, 0.15) is 32.3 Å². The molecule has 98 valence electrons. The zero-order valence-electron chi connectivity index (χ0n) is 10.9. The second-order valence-corrected chi connectivity index (χ2v) is 4.16. The molecule has 1 aromatic carbocycles. The maximum atomic E-state index is 13.1. The highest BCUT2D eigenvalue weighted by molar-refractivity contribution is 5.60. The van der Waals surface area contributed by atoms with Gasteiger partial charge in [-0.15, -0.1) is 0 Å². The maximum absolute atomic E-state index is 13.1. The molecule has 0 heterocycles. The topological polar surface area (TPSA) is 47.3 Å². The first-order chi connectivity index (χ1) is 8.67. The third kappa shape index (κ3) is 3.21. The number of nitriles is 1. The minimum absolute atomic E-state index is 0.0126. The van der Waals surface area contributed by atoms with Crippen LogP contribution in [0.25, 0.3) is 0 Å². The van der Waals surface area contributed by atoms with Gasteiger partial charge in [0.2, 0.25) is 0 Å². The van der Waals surface area contributed by atoms with Crippen LogP contribution >= 0.6 is 0 Å². The zero-order valence-corrected chi connectivity index (χ0v) is 10.9. The molecule has 0 atom stereocenters. The van der Waals surface area contributed by atoms with Crippen molar-refractivity contribution in [3.63, 3.8) is 0 Å². The Hall–Kier alpha value is -1.60. The van der Waals surface area contributed by atoms with E-state index in [1.165, 1.54) is 12.1 Å². The Labute approximate surface area is 107 Å². The first kappa shape index (κ1) is 14.5.